The lowest BCUT2D eigenvalue weighted by Crippen LogP contribution is -2.42. The third-order valence-corrected chi connectivity index (χ3v) is 2.91. The van der Waals surface area contributed by atoms with Gasteiger partial charge in [-0.25, -0.2) is 0 Å². The monoisotopic (exact) mass is 264 g/mol. The topological polar surface area (TPSA) is 91.8 Å². The second-order valence-corrected chi connectivity index (χ2v) is 4.80. The summed E-state index contributed by atoms with van der Waals surface area (Å²) >= 11 is 0. The highest BCUT2D eigenvalue weighted by molar-refractivity contribution is 6.02. The minimum absolute atomic E-state index is 0.0386. The lowest BCUT2D eigenvalue weighted by molar-refractivity contribution is -0.133. The molecule has 6 heteroatoms. The molecule has 1 rings (SSSR count). The Labute approximate surface area is 112 Å². The van der Waals surface area contributed by atoms with Crippen molar-refractivity contribution in [2.45, 2.75) is 20.4 Å². The smallest absolute Gasteiger partial charge is 0.233 e. The summed E-state index contributed by atoms with van der Waals surface area (Å²) in [5.41, 5.74) is 6.57. The Bertz CT molecular complexity index is 445. The highest BCUT2D eigenvalue weighted by Gasteiger charge is 2.29. The third kappa shape index (κ3) is 3.94. The Morgan fingerprint density at radius 1 is 1.47 bits per heavy atom. The maximum absolute atomic E-state index is 12.3. The van der Waals surface area contributed by atoms with Gasteiger partial charge in [-0.15, -0.1) is 0 Å². The molecule has 1 aromatic heterocycles. The number of rotatable bonds is 5. The number of hydrogen-bond acceptors (Lipinski definition) is 4. The van der Waals surface area contributed by atoms with Gasteiger partial charge in [0.15, 0.2) is 5.84 Å². The molecule has 3 N–H and O–H groups in total. The van der Waals surface area contributed by atoms with E-state index in [0.717, 1.165) is 5.56 Å². The molecule has 19 heavy (non-hydrogen) atoms. The van der Waals surface area contributed by atoms with Gasteiger partial charge in [0.1, 0.15) is 5.92 Å². The molecule has 0 fully saturated rings. The van der Waals surface area contributed by atoms with Crippen molar-refractivity contribution in [2.75, 3.05) is 7.05 Å². The molecule has 0 spiro atoms. The molecule has 104 valence electrons. The minimum Gasteiger partial charge on any atom is -0.409 e. The zero-order chi connectivity index (χ0) is 14.4. The highest BCUT2D eigenvalue weighted by Crippen LogP contribution is 2.15. The van der Waals surface area contributed by atoms with Crippen molar-refractivity contribution in [2.24, 2.45) is 22.7 Å². The van der Waals surface area contributed by atoms with E-state index in [0.29, 0.717) is 6.54 Å². The summed E-state index contributed by atoms with van der Waals surface area (Å²) in [6.07, 6.45) is 3.36. The highest BCUT2D eigenvalue weighted by atomic mass is 16.4. The van der Waals surface area contributed by atoms with Crippen molar-refractivity contribution in [1.82, 2.24) is 9.88 Å². The Morgan fingerprint density at radius 2 is 2.05 bits per heavy atom. The van der Waals surface area contributed by atoms with Crippen LogP contribution in [0.3, 0.4) is 0 Å². The Kier molecular flexibility index (Phi) is 5.29. The number of oxime groups is 1. The summed E-state index contributed by atoms with van der Waals surface area (Å²) in [6, 6.07) is 3.69. The first-order chi connectivity index (χ1) is 8.97. The van der Waals surface area contributed by atoms with Crippen LogP contribution in [-0.4, -0.2) is 33.9 Å². The predicted octanol–water partition coefficient (Wildman–Crippen LogP) is 1.06. The fourth-order valence-electron chi connectivity index (χ4n) is 1.89. The van der Waals surface area contributed by atoms with E-state index in [9.17, 15) is 4.79 Å². The van der Waals surface area contributed by atoms with Gasteiger partial charge in [0, 0.05) is 26.0 Å². The molecular formula is C13H20N4O2. The lowest BCUT2D eigenvalue weighted by Gasteiger charge is -2.25. The van der Waals surface area contributed by atoms with Crippen molar-refractivity contribution in [3.05, 3.63) is 30.1 Å². The number of nitrogens with zero attached hydrogens (tertiary/aromatic N) is 3. The molecule has 0 radical (unpaired) electrons. The summed E-state index contributed by atoms with van der Waals surface area (Å²) in [6.45, 7) is 4.19. The first-order valence-corrected chi connectivity index (χ1v) is 6.08. The van der Waals surface area contributed by atoms with Crippen molar-refractivity contribution < 1.29 is 10.0 Å². The summed E-state index contributed by atoms with van der Waals surface area (Å²) in [4.78, 5) is 17.8. The lowest BCUT2D eigenvalue weighted by atomic mass is 9.93. The van der Waals surface area contributed by atoms with Crippen LogP contribution in [0.1, 0.15) is 19.4 Å². The van der Waals surface area contributed by atoms with Crippen molar-refractivity contribution in [3.8, 4) is 0 Å². The van der Waals surface area contributed by atoms with Crippen LogP contribution in [0.15, 0.2) is 29.7 Å². The normalized spacial score (nSPS) is 13.4. The van der Waals surface area contributed by atoms with Crippen LogP contribution in [0.4, 0.5) is 0 Å². The molecule has 0 aliphatic carbocycles. The zero-order valence-electron chi connectivity index (χ0n) is 11.4. The van der Waals surface area contributed by atoms with Crippen molar-refractivity contribution >= 4 is 11.7 Å². The maximum Gasteiger partial charge on any atom is 0.233 e. The van der Waals surface area contributed by atoms with Gasteiger partial charge < -0.3 is 15.8 Å². The number of carbonyl (C=O) groups excluding carboxylic acids is 1. The number of carbonyl (C=O) groups is 1. The number of amides is 1. The van der Waals surface area contributed by atoms with E-state index in [1.807, 2.05) is 26.0 Å². The molecular weight excluding hydrogens is 244 g/mol. The van der Waals surface area contributed by atoms with E-state index in [1.54, 1.807) is 24.3 Å². The van der Waals surface area contributed by atoms with Crippen LogP contribution in [0.5, 0.6) is 0 Å². The molecule has 0 aromatic carbocycles. The van der Waals surface area contributed by atoms with Gasteiger partial charge in [-0.2, -0.15) is 0 Å². The Hall–Kier alpha value is -2.11. The number of nitrogens with two attached hydrogens (primary N) is 1. The summed E-state index contributed by atoms with van der Waals surface area (Å²) in [5.74, 6) is -0.871. The summed E-state index contributed by atoms with van der Waals surface area (Å²) in [5, 5.41) is 11.7. The van der Waals surface area contributed by atoms with Crippen LogP contribution in [0.2, 0.25) is 0 Å². The van der Waals surface area contributed by atoms with Crippen LogP contribution in [-0.2, 0) is 11.3 Å². The van der Waals surface area contributed by atoms with Gasteiger partial charge >= 0.3 is 0 Å². The number of amidine groups is 1. The van der Waals surface area contributed by atoms with Crippen LogP contribution < -0.4 is 5.73 Å². The van der Waals surface area contributed by atoms with E-state index in [2.05, 4.69) is 10.1 Å². The molecule has 0 aliphatic heterocycles. The first-order valence-electron chi connectivity index (χ1n) is 6.08. The van der Waals surface area contributed by atoms with E-state index in [4.69, 9.17) is 10.9 Å². The van der Waals surface area contributed by atoms with Gasteiger partial charge in [-0.05, 0) is 23.6 Å². The van der Waals surface area contributed by atoms with Gasteiger partial charge in [-0.1, -0.05) is 19.0 Å². The van der Waals surface area contributed by atoms with Gasteiger partial charge in [0.2, 0.25) is 5.91 Å². The van der Waals surface area contributed by atoms with Crippen LogP contribution in [0.25, 0.3) is 0 Å². The first kappa shape index (κ1) is 14.9. The average Bonchev–Trinajstić information content (AvgIpc) is 2.39. The number of aromatic nitrogens is 1. The molecule has 0 bridgehead atoms. The van der Waals surface area contributed by atoms with Crippen LogP contribution >= 0.6 is 0 Å². The Morgan fingerprint density at radius 3 is 2.53 bits per heavy atom. The SMILES string of the molecule is CC(C)C(C(=O)N(C)Cc1ccncc1)C(N)=NO. The van der Waals surface area contributed by atoms with Gasteiger partial charge in [0.25, 0.3) is 0 Å². The fourth-order valence-corrected chi connectivity index (χ4v) is 1.89. The van der Waals surface area contributed by atoms with Gasteiger partial charge in [0.05, 0.1) is 0 Å². The number of hydrogen-bond donors (Lipinski definition) is 2. The Balaban J connectivity index is 2.80. The molecule has 1 aromatic rings. The molecule has 1 heterocycles. The third-order valence-electron chi connectivity index (χ3n) is 2.91. The second kappa shape index (κ2) is 6.72. The van der Waals surface area contributed by atoms with Crippen molar-refractivity contribution in [1.29, 1.82) is 0 Å². The molecule has 6 nitrogen and oxygen atoms in total. The molecule has 1 unspecified atom stereocenters. The number of pyridine rings is 1. The average molecular weight is 264 g/mol. The molecule has 0 saturated heterocycles. The standard InChI is InChI=1S/C13H20N4O2/c1-9(2)11(12(14)16-19)13(18)17(3)8-10-4-6-15-7-5-10/h4-7,9,11,19H,8H2,1-3H3,(H2,14,16). The zero-order valence-corrected chi connectivity index (χ0v) is 11.4. The molecule has 1 atom stereocenters. The van der Waals surface area contributed by atoms with Gasteiger partial charge in [-0.3, -0.25) is 9.78 Å². The van der Waals surface area contributed by atoms with E-state index in [-0.39, 0.29) is 17.7 Å². The summed E-state index contributed by atoms with van der Waals surface area (Å²) in [7, 11) is 1.70. The molecule has 0 saturated carbocycles. The van der Waals surface area contributed by atoms with Crippen LogP contribution in [0, 0.1) is 11.8 Å². The fraction of sp³-hybridized carbons (Fsp3) is 0.462. The molecule has 0 aliphatic rings. The molecule has 1 amide bonds. The maximum atomic E-state index is 12.3. The quantitative estimate of drug-likeness (QED) is 0.360. The largest absolute Gasteiger partial charge is 0.409 e. The predicted molar refractivity (Wildman–Crippen MR) is 72.4 cm³/mol. The van der Waals surface area contributed by atoms with Crippen molar-refractivity contribution in [3.63, 3.8) is 0 Å². The van der Waals surface area contributed by atoms with E-state index in [1.165, 1.54) is 0 Å². The minimum atomic E-state index is -0.614. The van der Waals surface area contributed by atoms with E-state index >= 15 is 0 Å². The summed E-state index contributed by atoms with van der Waals surface area (Å²) < 4.78 is 0. The second-order valence-electron chi connectivity index (χ2n) is 4.80. The van der Waals surface area contributed by atoms with E-state index < -0.39 is 5.92 Å².